The van der Waals surface area contributed by atoms with Gasteiger partial charge in [0.25, 0.3) is 0 Å². The minimum Gasteiger partial charge on any atom is -0.491 e. The Balaban J connectivity index is 1.75. The highest BCUT2D eigenvalue weighted by Gasteiger charge is 2.26. The molecule has 0 fully saturated rings. The average molecular weight is 352 g/mol. The first-order valence-corrected chi connectivity index (χ1v) is 8.89. The summed E-state index contributed by atoms with van der Waals surface area (Å²) in [5, 5.41) is 0. The van der Waals surface area contributed by atoms with E-state index >= 15 is 0 Å². The smallest absolute Gasteiger partial charge is 0.247 e. The Labute approximate surface area is 154 Å². The third-order valence-corrected chi connectivity index (χ3v) is 4.38. The summed E-state index contributed by atoms with van der Waals surface area (Å²) in [5.41, 5.74) is 2.81. The molecule has 0 N–H and O–H groups in total. The lowest BCUT2D eigenvalue weighted by Gasteiger charge is -2.25. The summed E-state index contributed by atoms with van der Waals surface area (Å²) in [6.07, 6.45) is 0.935. The lowest BCUT2D eigenvalue weighted by Crippen LogP contribution is -2.41. The highest BCUT2D eigenvalue weighted by Crippen LogP contribution is 2.28. The Morgan fingerprint density at radius 3 is 2.46 bits per heavy atom. The van der Waals surface area contributed by atoms with Gasteiger partial charge in [-0.1, -0.05) is 18.2 Å². The molecule has 2 aromatic carbocycles. The van der Waals surface area contributed by atoms with Crippen LogP contribution in [0.1, 0.15) is 26.3 Å². The van der Waals surface area contributed by atoms with E-state index in [1.54, 1.807) is 4.90 Å². The van der Waals surface area contributed by atoms with Crippen molar-refractivity contribution in [3.63, 3.8) is 0 Å². The highest BCUT2D eigenvalue weighted by atomic mass is 16.5. The van der Waals surface area contributed by atoms with Gasteiger partial charge in [-0.2, -0.15) is 0 Å². The average Bonchev–Trinajstić information content (AvgIpc) is 3.04. The number of hydrogen-bond acceptors (Lipinski definition) is 3. The number of fused-ring (bicyclic) bond motifs is 1. The van der Waals surface area contributed by atoms with Crippen molar-refractivity contribution in [1.82, 2.24) is 0 Å². The van der Waals surface area contributed by atoms with E-state index < -0.39 is 0 Å². The minimum absolute atomic E-state index is 0.0219. The third kappa shape index (κ3) is 3.87. The molecule has 0 aliphatic carbocycles. The number of nitrogens with zero attached hydrogens (tertiary/aromatic N) is 2. The topological polar surface area (TPSA) is 49.9 Å². The zero-order valence-electron chi connectivity index (χ0n) is 15.4. The van der Waals surface area contributed by atoms with Crippen molar-refractivity contribution in [1.29, 1.82) is 0 Å². The Morgan fingerprint density at radius 1 is 1.12 bits per heavy atom. The van der Waals surface area contributed by atoms with E-state index in [1.165, 1.54) is 17.4 Å². The largest absolute Gasteiger partial charge is 0.491 e. The fourth-order valence-electron chi connectivity index (χ4n) is 3.18. The summed E-state index contributed by atoms with van der Waals surface area (Å²) in [7, 11) is 0. The number of anilines is 2. The maximum Gasteiger partial charge on any atom is 0.247 e. The van der Waals surface area contributed by atoms with Crippen LogP contribution in [0, 0.1) is 0 Å². The van der Waals surface area contributed by atoms with Crippen molar-refractivity contribution in [3.05, 3.63) is 54.1 Å². The number of hydrogen-bond donors (Lipinski definition) is 0. The molecular formula is C21H24N2O3. The van der Waals surface area contributed by atoms with E-state index in [2.05, 4.69) is 0 Å². The maximum absolute atomic E-state index is 12.8. The van der Waals surface area contributed by atoms with Crippen LogP contribution < -0.4 is 14.5 Å². The third-order valence-electron chi connectivity index (χ3n) is 4.38. The van der Waals surface area contributed by atoms with Crippen LogP contribution in [0.2, 0.25) is 0 Å². The number of ether oxygens (including phenoxy) is 1. The number of carbonyl (C=O) groups is 2. The molecule has 0 radical (unpaired) electrons. The minimum atomic E-state index is -0.164. The zero-order chi connectivity index (χ0) is 18.7. The first-order valence-electron chi connectivity index (χ1n) is 8.89. The number of amides is 2. The summed E-state index contributed by atoms with van der Waals surface area (Å²) < 4.78 is 5.63. The zero-order valence-corrected chi connectivity index (χ0v) is 15.4. The number of rotatable bonds is 5. The van der Waals surface area contributed by atoms with Crippen LogP contribution in [0.3, 0.4) is 0 Å². The van der Waals surface area contributed by atoms with Gasteiger partial charge in [-0.25, -0.2) is 0 Å². The Kier molecular flexibility index (Phi) is 5.26. The number of para-hydroxylation sites is 1. The molecule has 0 unspecified atom stereocenters. The molecule has 5 nitrogen and oxygen atoms in total. The van der Waals surface area contributed by atoms with E-state index in [0.29, 0.717) is 12.2 Å². The monoisotopic (exact) mass is 352 g/mol. The Bertz CT molecular complexity index is 799. The van der Waals surface area contributed by atoms with Crippen LogP contribution in [0.5, 0.6) is 5.75 Å². The van der Waals surface area contributed by atoms with Crippen LogP contribution >= 0.6 is 0 Å². The first kappa shape index (κ1) is 18.0. The van der Waals surface area contributed by atoms with Gasteiger partial charge in [-0.3, -0.25) is 9.59 Å². The predicted molar refractivity (Wildman–Crippen MR) is 103 cm³/mol. The molecule has 136 valence electrons. The SMILES string of the molecule is CC(=O)N(CC(=O)N1CCc2ccccc21)c1ccc(OC(C)C)cc1. The number of carbonyl (C=O) groups excluding carboxylic acids is 2. The van der Waals surface area contributed by atoms with Crippen LogP contribution in [0.25, 0.3) is 0 Å². The van der Waals surface area contributed by atoms with Crippen molar-refractivity contribution in [3.8, 4) is 5.75 Å². The summed E-state index contributed by atoms with van der Waals surface area (Å²) >= 11 is 0. The van der Waals surface area contributed by atoms with Gasteiger partial charge in [-0.05, 0) is 56.2 Å². The molecule has 0 atom stereocenters. The van der Waals surface area contributed by atoms with Crippen molar-refractivity contribution < 1.29 is 14.3 Å². The lowest BCUT2D eigenvalue weighted by atomic mass is 10.2. The first-order chi connectivity index (χ1) is 12.5. The van der Waals surface area contributed by atoms with Gasteiger partial charge in [0.05, 0.1) is 6.10 Å². The molecule has 0 aromatic heterocycles. The summed E-state index contributed by atoms with van der Waals surface area (Å²) in [6.45, 7) is 6.08. The molecule has 1 aliphatic rings. The molecule has 3 rings (SSSR count). The standard InChI is InChI=1S/C21H24N2O3/c1-15(2)26-19-10-8-18(9-11-19)23(16(3)24)14-21(25)22-13-12-17-6-4-5-7-20(17)22/h4-11,15H,12-14H2,1-3H3. The van der Waals surface area contributed by atoms with Crippen molar-refractivity contribution in [2.75, 3.05) is 22.9 Å². The predicted octanol–water partition coefficient (Wildman–Crippen LogP) is 3.42. The number of benzene rings is 2. The molecule has 5 heteroatoms. The van der Waals surface area contributed by atoms with Gasteiger partial charge in [0, 0.05) is 24.8 Å². The molecule has 0 spiro atoms. The van der Waals surface area contributed by atoms with Crippen LogP contribution in [-0.4, -0.2) is 31.0 Å². The molecule has 1 aliphatic heterocycles. The van der Waals surface area contributed by atoms with E-state index in [0.717, 1.165) is 17.9 Å². The molecule has 26 heavy (non-hydrogen) atoms. The summed E-state index contributed by atoms with van der Waals surface area (Å²) in [6, 6.07) is 15.2. The van der Waals surface area contributed by atoms with Crippen molar-refractivity contribution in [2.24, 2.45) is 0 Å². The second-order valence-electron chi connectivity index (χ2n) is 6.69. The lowest BCUT2D eigenvalue weighted by molar-refractivity contribution is -0.121. The quantitative estimate of drug-likeness (QED) is 0.828. The van der Waals surface area contributed by atoms with Gasteiger partial charge in [0.1, 0.15) is 12.3 Å². The van der Waals surface area contributed by atoms with Crippen LogP contribution in [0.15, 0.2) is 48.5 Å². The van der Waals surface area contributed by atoms with Gasteiger partial charge in [0.2, 0.25) is 11.8 Å². The molecule has 0 saturated carbocycles. The van der Waals surface area contributed by atoms with Crippen molar-refractivity contribution >= 4 is 23.2 Å². The second kappa shape index (κ2) is 7.60. The second-order valence-corrected chi connectivity index (χ2v) is 6.69. The highest BCUT2D eigenvalue weighted by molar-refractivity contribution is 6.03. The van der Waals surface area contributed by atoms with E-state index in [1.807, 2.05) is 62.4 Å². The molecule has 0 bridgehead atoms. The van der Waals surface area contributed by atoms with Gasteiger partial charge in [-0.15, -0.1) is 0 Å². The fourth-order valence-corrected chi connectivity index (χ4v) is 3.18. The Morgan fingerprint density at radius 2 is 1.81 bits per heavy atom. The van der Waals surface area contributed by atoms with Crippen LogP contribution in [0.4, 0.5) is 11.4 Å². The molecule has 2 aromatic rings. The molecule has 0 saturated heterocycles. The molecule has 1 heterocycles. The van der Waals surface area contributed by atoms with Gasteiger partial charge in [0.15, 0.2) is 0 Å². The van der Waals surface area contributed by atoms with Gasteiger partial charge < -0.3 is 14.5 Å². The van der Waals surface area contributed by atoms with Gasteiger partial charge >= 0.3 is 0 Å². The van der Waals surface area contributed by atoms with E-state index in [9.17, 15) is 9.59 Å². The van der Waals surface area contributed by atoms with E-state index in [4.69, 9.17) is 4.74 Å². The fraction of sp³-hybridized carbons (Fsp3) is 0.333. The molecular weight excluding hydrogens is 328 g/mol. The Hall–Kier alpha value is -2.82. The summed E-state index contributed by atoms with van der Waals surface area (Å²) in [5.74, 6) is 0.503. The summed E-state index contributed by atoms with van der Waals surface area (Å²) in [4.78, 5) is 28.2. The van der Waals surface area contributed by atoms with Crippen LogP contribution in [-0.2, 0) is 16.0 Å². The normalized spacial score (nSPS) is 12.8. The van der Waals surface area contributed by atoms with Crippen molar-refractivity contribution in [2.45, 2.75) is 33.3 Å². The molecule has 2 amide bonds. The maximum atomic E-state index is 12.8. The van der Waals surface area contributed by atoms with E-state index in [-0.39, 0.29) is 24.5 Å².